The van der Waals surface area contributed by atoms with Gasteiger partial charge in [-0.25, -0.2) is 0 Å². The number of methoxy groups -OCH3 is 1. The Hall–Kier alpha value is -5.22. The number of carbonyl (C=O) groups excluding carboxylic acids is 2. The number of carbonyl (C=O) groups is 2. The van der Waals surface area contributed by atoms with Crippen LogP contribution in [0.2, 0.25) is 0 Å². The van der Waals surface area contributed by atoms with Gasteiger partial charge in [-0.3, -0.25) is 19.7 Å². The van der Waals surface area contributed by atoms with Crippen molar-refractivity contribution in [1.29, 1.82) is 0 Å². The topological polar surface area (TPSA) is 143 Å². The van der Waals surface area contributed by atoms with E-state index in [1.54, 1.807) is 48.5 Å². The van der Waals surface area contributed by atoms with E-state index in [-0.39, 0.29) is 36.3 Å². The van der Waals surface area contributed by atoms with E-state index in [1.165, 1.54) is 13.2 Å². The summed E-state index contributed by atoms with van der Waals surface area (Å²) in [6, 6.07) is 23.9. The Balaban J connectivity index is 1.36. The third kappa shape index (κ3) is 5.47. The molecule has 1 aliphatic heterocycles. The molecule has 4 aromatic rings. The number of aliphatic hydroxyl groups is 1. The number of benzene rings is 4. The average Bonchev–Trinajstić information content (AvgIpc) is 3.10. The summed E-state index contributed by atoms with van der Waals surface area (Å²) in [5.74, 6) is -0.443. The van der Waals surface area contributed by atoms with Gasteiger partial charge in [-0.2, -0.15) is 0 Å². The van der Waals surface area contributed by atoms with Crippen LogP contribution in [0.3, 0.4) is 0 Å². The van der Waals surface area contributed by atoms with Crippen LogP contribution in [0, 0.1) is 10.1 Å². The van der Waals surface area contributed by atoms with Crippen LogP contribution in [0.1, 0.15) is 27.5 Å². The first-order valence-corrected chi connectivity index (χ1v) is 12.5. The average molecular weight is 539 g/mol. The highest BCUT2D eigenvalue weighted by molar-refractivity contribution is 6.12. The molecule has 4 aromatic carbocycles. The molecular weight excluding hydrogens is 512 g/mol. The molecule has 1 aliphatic rings. The standard InChI is InChI=1S/C30H26N4O6/c1-40-28-16-21(9-12-27(28)34(38)39)20-8-10-22-24(15-20)31-23-11-7-18(13-25(23)33-30(22)37)14-29(36)32-26(17-35)19-5-3-2-4-6-19/h2-13,15-16,26,31,35H,14,17H2,1H3,(H,32,36)(H,33,37). The predicted molar refractivity (Wildman–Crippen MR) is 151 cm³/mol. The van der Waals surface area contributed by atoms with E-state index in [9.17, 15) is 24.8 Å². The zero-order chi connectivity index (χ0) is 28.2. The third-order valence-corrected chi connectivity index (χ3v) is 6.66. The largest absolute Gasteiger partial charge is 0.490 e. The molecule has 1 unspecified atom stereocenters. The van der Waals surface area contributed by atoms with E-state index in [4.69, 9.17) is 4.74 Å². The summed E-state index contributed by atoms with van der Waals surface area (Å²) in [6.45, 7) is -0.229. The lowest BCUT2D eigenvalue weighted by molar-refractivity contribution is -0.385. The Kier molecular flexibility index (Phi) is 7.43. The maximum Gasteiger partial charge on any atom is 0.310 e. The van der Waals surface area contributed by atoms with Crippen molar-refractivity contribution in [1.82, 2.24) is 5.32 Å². The molecule has 4 N–H and O–H groups in total. The van der Waals surface area contributed by atoms with Crippen LogP contribution in [0.5, 0.6) is 5.75 Å². The number of nitrogens with one attached hydrogen (secondary N) is 3. The van der Waals surface area contributed by atoms with Crippen LogP contribution in [0.25, 0.3) is 11.1 Å². The van der Waals surface area contributed by atoms with Gasteiger partial charge in [0.2, 0.25) is 5.91 Å². The molecule has 0 saturated heterocycles. The summed E-state index contributed by atoms with van der Waals surface area (Å²) in [7, 11) is 1.37. The fourth-order valence-corrected chi connectivity index (χ4v) is 4.63. The molecule has 40 heavy (non-hydrogen) atoms. The summed E-state index contributed by atoms with van der Waals surface area (Å²) < 4.78 is 5.19. The molecule has 2 amide bonds. The molecule has 10 heteroatoms. The fourth-order valence-electron chi connectivity index (χ4n) is 4.63. The molecule has 0 aromatic heterocycles. The number of ether oxygens (including phenoxy) is 1. The molecule has 5 rings (SSSR count). The summed E-state index contributed by atoms with van der Waals surface area (Å²) in [5, 5.41) is 30.0. The van der Waals surface area contributed by atoms with Crippen molar-refractivity contribution in [3.63, 3.8) is 0 Å². The normalized spacial score (nSPS) is 12.6. The van der Waals surface area contributed by atoms with Crippen LogP contribution in [-0.4, -0.2) is 35.6 Å². The van der Waals surface area contributed by atoms with Gasteiger partial charge in [0.05, 0.1) is 53.7 Å². The van der Waals surface area contributed by atoms with Gasteiger partial charge in [-0.05, 0) is 58.7 Å². The summed E-state index contributed by atoms with van der Waals surface area (Å²) in [6.07, 6.45) is 0.0611. The Morgan fingerprint density at radius 1 is 0.950 bits per heavy atom. The van der Waals surface area contributed by atoms with Gasteiger partial charge >= 0.3 is 5.69 Å². The lowest BCUT2D eigenvalue weighted by Gasteiger charge is -2.17. The Bertz CT molecular complexity index is 1610. The minimum atomic E-state index is -0.518. The number of nitro groups is 1. The van der Waals surface area contributed by atoms with Gasteiger partial charge in [0, 0.05) is 6.07 Å². The number of aliphatic hydroxyl groups excluding tert-OH is 1. The second-order valence-corrected chi connectivity index (χ2v) is 9.25. The second kappa shape index (κ2) is 11.3. The predicted octanol–water partition coefficient (Wildman–Crippen LogP) is 4.97. The minimum absolute atomic E-state index is 0.0611. The second-order valence-electron chi connectivity index (χ2n) is 9.25. The molecule has 10 nitrogen and oxygen atoms in total. The number of hydrogen-bond donors (Lipinski definition) is 4. The minimum Gasteiger partial charge on any atom is -0.490 e. The highest BCUT2D eigenvalue weighted by atomic mass is 16.6. The molecule has 1 atom stereocenters. The van der Waals surface area contributed by atoms with Gasteiger partial charge in [-0.1, -0.05) is 42.5 Å². The number of nitrogens with zero attached hydrogens (tertiary/aromatic N) is 1. The van der Waals surface area contributed by atoms with Crippen molar-refractivity contribution in [2.24, 2.45) is 0 Å². The quantitative estimate of drug-likeness (QED) is 0.183. The van der Waals surface area contributed by atoms with Crippen molar-refractivity contribution in [2.45, 2.75) is 12.5 Å². The van der Waals surface area contributed by atoms with Crippen LogP contribution in [0.15, 0.2) is 84.9 Å². The van der Waals surface area contributed by atoms with Gasteiger partial charge in [0.25, 0.3) is 5.91 Å². The van der Waals surface area contributed by atoms with Crippen molar-refractivity contribution < 1.29 is 24.4 Å². The fraction of sp³-hybridized carbons (Fsp3) is 0.133. The van der Waals surface area contributed by atoms with E-state index >= 15 is 0 Å². The van der Waals surface area contributed by atoms with E-state index in [1.807, 2.05) is 30.3 Å². The van der Waals surface area contributed by atoms with Gasteiger partial charge < -0.3 is 25.8 Å². The van der Waals surface area contributed by atoms with Gasteiger partial charge in [0.15, 0.2) is 5.75 Å². The monoisotopic (exact) mass is 538 g/mol. The van der Waals surface area contributed by atoms with Crippen molar-refractivity contribution >= 4 is 34.6 Å². The van der Waals surface area contributed by atoms with E-state index in [0.717, 1.165) is 11.1 Å². The van der Waals surface area contributed by atoms with E-state index in [2.05, 4.69) is 16.0 Å². The number of nitro benzene ring substituents is 1. The third-order valence-electron chi connectivity index (χ3n) is 6.66. The smallest absolute Gasteiger partial charge is 0.310 e. The van der Waals surface area contributed by atoms with Crippen LogP contribution < -0.4 is 20.7 Å². The zero-order valence-electron chi connectivity index (χ0n) is 21.5. The van der Waals surface area contributed by atoms with Crippen LogP contribution in [0.4, 0.5) is 22.7 Å². The number of rotatable bonds is 8. The first kappa shape index (κ1) is 26.4. The molecular formula is C30H26N4O6. The van der Waals surface area contributed by atoms with E-state index in [0.29, 0.717) is 33.8 Å². The number of hydrogen-bond acceptors (Lipinski definition) is 7. The summed E-state index contributed by atoms with van der Waals surface area (Å²) in [4.78, 5) is 36.5. The number of amides is 2. The first-order valence-electron chi connectivity index (χ1n) is 12.5. The highest BCUT2D eigenvalue weighted by Crippen LogP contribution is 2.37. The maximum atomic E-state index is 13.1. The number of anilines is 3. The lowest BCUT2D eigenvalue weighted by Crippen LogP contribution is -2.31. The number of fused-ring (bicyclic) bond motifs is 2. The molecule has 0 bridgehead atoms. The zero-order valence-corrected chi connectivity index (χ0v) is 21.5. The van der Waals surface area contributed by atoms with Crippen molar-refractivity contribution in [3.8, 4) is 16.9 Å². The van der Waals surface area contributed by atoms with Crippen LogP contribution >= 0.6 is 0 Å². The van der Waals surface area contributed by atoms with Gasteiger partial charge in [-0.15, -0.1) is 0 Å². The van der Waals surface area contributed by atoms with Crippen LogP contribution in [-0.2, 0) is 11.2 Å². The summed E-state index contributed by atoms with van der Waals surface area (Å²) >= 11 is 0. The Morgan fingerprint density at radius 2 is 1.70 bits per heavy atom. The molecule has 0 radical (unpaired) electrons. The SMILES string of the molecule is COc1cc(-c2ccc3c(c2)Nc2ccc(CC(=O)NC(CO)c4ccccc4)cc2NC3=O)ccc1[N+](=O)[O-]. The molecule has 0 aliphatic carbocycles. The first-order chi connectivity index (χ1) is 19.4. The van der Waals surface area contributed by atoms with Gasteiger partial charge in [0.1, 0.15) is 0 Å². The maximum absolute atomic E-state index is 13.1. The lowest BCUT2D eigenvalue weighted by atomic mass is 10.0. The van der Waals surface area contributed by atoms with Crippen molar-refractivity contribution in [3.05, 3.63) is 112 Å². The molecule has 0 saturated carbocycles. The molecule has 0 fully saturated rings. The molecule has 1 heterocycles. The molecule has 0 spiro atoms. The highest BCUT2D eigenvalue weighted by Gasteiger charge is 2.22. The Morgan fingerprint density at radius 3 is 2.42 bits per heavy atom. The summed E-state index contributed by atoms with van der Waals surface area (Å²) in [5.41, 5.74) is 4.93. The van der Waals surface area contributed by atoms with Crippen molar-refractivity contribution in [2.75, 3.05) is 24.4 Å². The van der Waals surface area contributed by atoms with E-state index < -0.39 is 11.0 Å². The molecule has 202 valence electrons. The Labute approximate surface area is 229 Å².